The van der Waals surface area contributed by atoms with Crippen LogP contribution in [0.15, 0.2) is 47.2 Å². The van der Waals surface area contributed by atoms with Gasteiger partial charge in [-0.1, -0.05) is 30.3 Å². The quantitative estimate of drug-likeness (QED) is 0.362. The first-order valence-electron chi connectivity index (χ1n) is 10.7. The van der Waals surface area contributed by atoms with Crippen LogP contribution in [0, 0.1) is 0 Å². The van der Waals surface area contributed by atoms with Crippen LogP contribution in [0.5, 0.6) is 0 Å². The van der Waals surface area contributed by atoms with Gasteiger partial charge in [0.05, 0.1) is 31.8 Å². The van der Waals surface area contributed by atoms with Crippen LogP contribution in [0.3, 0.4) is 0 Å². The van der Waals surface area contributed by atoms with Gasteiger partial charge in [-0.05, 0) is 24.8 Å². The summed E-state index contributed by atoms with van der Waals surface area (Å²) in [6.45, 7) is 1.83. The number of amides is 2. The van der Waals surface area contributed by atoms with Crippen LogP contribution in [0.4, 0.5) is 6.01 Å². The summed E-state index contributed by atoms with van der Waals surface area (Å²) in [7, 11) is -1.73. The summed E-state index contributed by atoms with van der Waals surface area (Å²) >= 11 is 0. The van der Waals surface area contributed by atoms with Crippen LogP contribution in [-0.2, 0) is 20.7 Å². The second-order valence-corrected chi connectivity index (χ2v) is 7.64. The summed E-state index contributed by atoms with van der Waals surface area (Å²) in [5, 5.41) is 25.0. The highest BCUT2D eigenvalue weighted by Crippen LogP contribution is 2.12. The molecule has 0 saturated carbocycles. The molecule has 10 nitrogen and oxygen atoms in total. The predicted octanol–water partition coefficient (Wildman–Crippen LogP) is 0.224. The number of hydrogen-bond donors (Lipinski definition) is 4. The van der Waals surface area contributed by atoms with E-state index in [2.05, 4.69) is 15.6 Å². The molecular weight excluding hydrogens is 415 g/mol. The number of rotatable bonds is 11. The van der Waals surface area contributed by atoms with Gasteiger partial charge in [-0.3, -0.25) is 9.59 Å². The standard InChI is InChI=1S/C21H29BN4O6/c27-19(26-10-13-31-14-11-26)15-17(24-21-23-9-12-32-21)20(28)25-18(22(29)30)8-4-7-16-5-2-1-3-6-16/h1-3,5-6,9,12,17-18,29-30H,4,7-8,10-11,13-15H2,(H,23,24)(H,25,28). The number of benzene rings is 1. The van der Waals surface area contributed by atoms with Gasteiger partial charge in [0.2, 0.25) is 11.8 Å². The second kappa shape index (κ2) is 12.2. The number of ether oxygens (including phenoxy) is 1. The number of aryl methyl sites for hydroxylation is 1. The van der Waals surface area contributed by atoms with Crippen LogP contribution in [0.25, 0.3) is 0 Å². The molecule has 2 amide bonds. The Hall–Kier alpha value is -2.89. The molecule has 2 heterocycles. The third-order valence-corrected chi connectivity index (χ3v) is 5.30. The van der Waals surface area contributed by atoms with Crippen LogP contribution in [-0.4, -0.2) is 77.2 Å². The molecule has 4 N–H and O–H groups in total. The van der Waals surface area contributed by atoms with Gasteiger partial charge in [0, 0.05) is 13.1 Å². The molecule has 2 aromatic rings. The minimum atomic E-state index is -1.73. The number of nitrogens with zero attached hydrogens (tertiary/aromatic N) is 2. The van der Waals surface area contributed by atoms with Gasteiger partial charge in [-0.2, -0.15) is 0 Å². The lowest BCUT2D eigenvalue weighted by atomic mass is 9.76. The Morgan fingerprint density at radius 2 is 1.94 bits per heavy atom. The molecule has 0 bridgehead atoms. The van der Waals surface area contributed by atoms with Crippen LogP contribution < -0.4 is 10.6 Å². The lowest BCUT2D eigenvalue weighted by Crippen LogP contribution is -2.53. The first-order valence-corrected chi connectivity index (χ1v) is 10.7. The Morgan fingerprint density at radius 1 is 1.19 bits per heavy atom. The minimum absolute atomic E-state index is 0.102. The van der Waals surface area contributed by atoms with Gasteiger partial charge >= 0.3 is 7.12 Å². The highest BCUT2D eigenvalue weighted by molar-refractivity contribution is 6.43. The van der Waals surface area contributed by atoms with Crippen LogP contribution >= 0.6 is 0 Å². The van der Waals surface area contributed by atoms with Crippen molar-refractivity contribution in [1.29, 1.82) is 0 Å². The smallest absolute Gasteiger partial charge is 0.432 e. The SMILES string of the molecule is O=C(NC(CCCc1ccccc1)B(O)O)C(CC(=O)N1CCOCC1)Nc1ncco1. The minimum Gasteiger partial charge on any atom is -0.432 e. The summed E-state index contributed by atoms with van der Waals surface area (Å²) in [6.07, 6.45) is 4.40. The Labute approximate surface area is 187 Å². The summed E-state index contributed by atoms with van der Waals surface area (Å²) in [6, 6.07) is 8.93. The van der Waals surface area contributed by atoms with E-state index in [1.807, 2.05) is 30.3 Å². The van der Waals surface area contributed by atoms with E-state index < -0.39 is 25.0 Å². The lowest BCUT2D eigenvalue weighted by molar-refractivity contribution is -0.137. The fraction of sp³-hybridized carbons (Fsp3) is 0.476. The van der Waals surface area contributed by atoms with E-state index >= 15 is 0 Å². The van der Waals surface area contributed by atoms with E-state index in [9.17, 15) is 19.6 Å². The number of aromatic nitrogens is 1. The number of carbonyl (C=O) groups is 2. The van der Waals surface area contributed by atoms with E-state index in [0.29, 0.717) is 39.1 Å². The number of oxazole rings is 1. The van der Waals surface area contributed by atoms with Crippen molar-refractivity contribution in [3.05, 3.63) is 48.4 Å². The number of anilines is 1. The van der Waals surface area contributed by atoms with Crippen molar-refractivity contribution in [3.8, 4) is 0 Å². The monoisotopic (exact) mass is 444 g/mol. The van der Waals surface area contributed by atoms with E-state index in [1.54, 1.807) is 4.90 Å². The fourth-order valence-electron chi connectivity index (χ4n) is 3.52. The highest BCUT2D eigenvalue weighted by atomic mass is 16.5. The summed E-state index contributed by atoms with van der Waals surface area (Å²) < 4.78 is 10.4. The van der Waals surface area contributed by atoms with Gasteiger partial charge in [-0.15, -0.1) is 0 Å². The summed E-state index contributed by atoms with van der Waals surface area (Å²) in [5.41, 5.74) is 1.13. The van der Waals surface area contributed by atoms with Crippen molar-refractivity contribution in [1.82, 2.24) is 15.2 Å². The third kappa shape index (κ3) is 7.36. The zero-order valence-electron chi connectivity index (χ0n) is 17.9. The summed E-state index contributed by atoms with van der Waals surface area (Å²) in [5.74, 6) is -1.63. The Kier molecular flexibility index (Phi) is 9.08. The van der Waals surface area contributed by atoms with E-state index in [4.69, 9.17) is 9.15 Å². The first-order chi connectivity index (χ1) is 15.5. The molecule has 2 atom stereocenters. The predicted molar refractivity (Wildman–Crippen MR) is 117 cm³/mol. The molecule has 1 aromatic heterocycles. The van der Waals surface area contributed by atoms with Gasteiger partial charge in [0.1, 0.15) is 12.3 Å². The highest BCUT2D eigenvalue weighted by Gasteiger charge is 2.31. The van der Waals surface area contributed by atoms with Crippen molar-refractivity contribution >= 4 is 24.9 Å². The molecule has 1 fully saturated rings. The molecule has 1 saturated heterocycles. The molecule has 11 heteroatoms. The topological polar surface area (TPSA) is 137 Å². The average Bonchev–Trinajstić information content (AvgIpc) is 3.32. The van der Waals surface area contributed by atoms with Crippen molar-refractivity contribution in [2.24, 2.45) is 0 Å². The van der Waals surface area contributed by atoms with E-state index in [-0.39, 0.29) is 18.3 Å². The third-order valence-electron chi connectivity index (χ3n) is 5.30. The largest absolute Gasteiger partial charge is 0.475 e. The molecule has 1 aliphatic heterocycles. The number of hydrogen-bond acceptors (Lipinski definition) is 8. The maximum atomic E-state index is 13.0. The van der Waals surface area contributed by atoms with Crippen LogP contribution in [0.1, 0.15) is 24.8 Å². The van der Waals surface area contributed by atoms with Gasteiger partial charge in [0.15, 0.2) is 0 Å². The zero-order valence-corrected chi connectivity index (χ0v) is 17.9. The van der Waals surface area contributed by atoms with Crippen LogP contribution in [0.2, 0.25) is 0 Å². The normalized spacial score (nSPS) is 15.6. The summed E-state index contributed by atoms with van der Waals surface area (Å²) in [4.78, 5) is 31.3. The lowest BCUT2D eigenvalue weighted by Gasteiger charge is -2.29. The number of nitrogens with one attached hydrogen (secondary N) is 2. The van der Waals surface area contributed by atoms with Gasteiger partial charge < -0.3 is 34.7 Å². The molecule has 0 aliphatic carbocycles. The Bertz CT molecular complexity index is 830. The maximum Gasteiger partial charge on any atom is 0.475 e. The molecule has 172 valence electrons. The maximum absolute atomic E-state index is 13.0. The number of morpholine rings is 1. The molecule has 1 aliphatic rings. The second-order valence-electron chi connectivity index (χ2n) is 7.64. The molecular formula is C21H29BN4O6. The average molecular weight is 444 g/mol. The van der Waals surface area contributed by atoms with Crippen molar-refractivity contribution in [3.63, 3.8) is 0 Å². The first kappa shape index (κ1) is 23.8. The van der Waals surface area contributed by atoms with Crippen molar-refractivity contribution in [2.75, 3.05) is 31.6 Å². The van der Waals surface area contributed by atoms with Crippen molar-refractivity contribution < 1.29 is 28.8 Å². The van der Waals surface area contributed by atoms with E-state index in [0.717, 1.165) is 12.0 Å². The molecule has 0 radical (unpaired) electrons. The fourth-order valence-corrected chi connectivity index (χ4v) is 3.52. The number of carbonyl (C=O) groups excluding carboxylic acids is 2. The zero-order chi connectivity index (χ0) is 22.8. The molecule has 1 aromatic carbocycles. The Balaban J connectivity index is 1.59. The Morgan fingerprint density at radius 3 is 2.59 bits per heavy atom. The van der Waals surface area contributed by atoms with E-state index in [1.165, 1.54) is 12.5 Å². The molecule has 3 rings (SSSR count). The van der Waals surface area contributed by atoms with Gasteiger partial charge in [0.25, 0.3) is 6.01 Å². The molecule has 32 heavy (non-hydrogen) atoms. The molecule has 0 spiro atoms. The molecule has 2 unspecified atom stereocenters. The van der Waals surface area contributed by atoms with Crippen molar-refractivity contribution in [2.45, 2.75) is 37.7 Å². The van der Waals surface area contributed by atoms with Gasteiger partial charge in [-0.25, -0.2) is 4.98 Å².